The lowest BCUT2D eigenvalue weighted by atomic mass is 9.90. The molecule has 0 radical (unpaired) electrons. The van der Waals surface area contributed by atoms with Gasteiger partial charge in [-0.15, -0.1) is 0 Å². The highest BCUT2D eigenvalue weighted by molar-refractivity contribution is 6.31. The number of fused-ring (bicyclic) bond motifs is 1. The number of rotatable bonds is 5. The van der Waals surface area contributed by atoms with Crippen LogP contribution in [-0.2, 0) is 17.8 Å². The van der Waals surface area contributed by atoms with Crippen molar-refractivity contribution in [1.29, 1.82) is 0 Å². The molecule has 1 aliphatic heterocycles. The Labute approximate surface area is 186 Å². The Bertz CT molecular complexity index is 1140. The molecule has 1 amide bonds. The van der Waals surface area contributed by atoms with Gasteiger partial charge in [0, 0.05) is 24.0 Å². The van der Waals surface area contributed by atoms with E-state index in [-0.39, 0.29) is 23.9 Å². The number of likely N-dealkylation sites (tertiary alicyclic amines) is 1. The van der Waals surface area contributed by atoms with Crippen molar-refractivity contribution in [1.82, 2.24) is 14.5 Å². The maximum Gasteiger partial charge on any atom is 0.261 e. The molecule has 4 rings (SSSR count). The summed E-state index contributed by atoms with van der Waals surface area (Å²) in [6, 6.07) is 14.9. The zero-order chi connectivity index (χ0) is 22.0. The van der Waals surface area contributed by atoms with Crippen molar-refractivity contribution in [2.24, 2.45) is 5.92 Å². The molecule has 7 heteroatoms. The van der Waals surface area contributed by atoms with Gasteiger partial charge in [-0.3, -0.25) is 14.2 Å². The van der Waals surface area contributed by atoms with E-state index in [0.717, 1.165) is 5.56 Å². The predicted molar refractivity (Wildman–Crippen MR) is 121 cm³/mol. The van der Waals surface area contributed by atoms with Gasteiger partial charge >= 0.3 is 0 Å². The number of nitrogens with zero attached hydrogens (tertiary/aromatic N) is 3. The molecule has 162 valence electrons. The fraction of sp³-hybridized carbons (Fsp3) is 0.375. The summed E-state index contributed by atoms with van der Waals surface area (Å²) in [7, 11) is 0. The second kappa shape index (κ2) is 8.81. The summed E-state index contributed by atoms with van der Waals surface area (Å²) in [5, 5.41) is 12.1. The average molecular weight is 440 g/mol. The van der Waals surface area contributed by atoms with E-state index in [4.69, 9.17) is 11.6 Å². The molecule has 31 heavy (non-hydrogen) atoms. The number of hydrogen-bond acceptors (Lipinski definition) is 4. The summed E-state index contributed by atoms with van der Waals surface area (Å²) < 4.78 is 1.45. The van der Waals surface area contributed by atoms with Gasteiger partial charge in [0.25, 0.3) is 5.56 Å². The van der Waals surface area contributed by atoms with E-state index in [1.165, 1.54) is 10.9 Å². The number of amides is 1. The van der Waals surface area contributed by atoms with Gasteiger partial charge in [-0.2, -0.15) is 0 Å². The summed E-state index contributed by atoms with van der Waals surface area (Å²) >= 11 is 5.97. The Balaban J connectivity index is 1.40. The van der Waals surface area contributed by atoms with Gasteiger partial charge < -0.3 is 10.0 Å². The smallest absolute Gasteiger partial charge is 0.261 e. The van der Waals surface area contributed by atoms with Crippen LogP contribution in [0.25, 0.3) is 10.9 Å². The Morgan fingerprint density at radius 3 is 2.61 bits per heavy atom. The van der Waals surface area contributed by atoms with Crippen molar-refractivity contribution in [3.63, 3.8) is 0 Å². The van der Waals surface area contributed by atoms with Crippen LogP contribution in [0.2, 0.25) is 5.02 Å². The third kappa shape index (κ3) is 4.81. The fourth-order valence-corrected chi connectivity index (χ4v) is 4.40. The lowest BCUT2D eigenvalue weighted by molar-refractivity contribution is -0.139. The van der Waals surface area contributed by atoms with Crippen molar-refractivity contribution in [2.45, 2.75) is 38.3 Å². The third-order valence-corrected chi connectivity index (χ3v) is 6.30. The molecule has 1 aliphatic rings. The molecule has 6 nitrogen and oxygen atoms in total. The van der Waals surface area contributed by atoms with Gasteiger partial charge in [-0.05, 0) is 43.0 Å². The van der Waals surface area contributed by atoms with E-state index >= 15 is 0 Å². The first-order chi connectivity index (χ1) is 14.8. The second-order valence-electron chi connectivity index (χ2n) is 8.48. The molecule has 1 unspecified atom stereocenters. The van der Waals surface area contributed by atoms with Crippen LogP contribution in [0, 0.1) is 5.92 Å². The Morgan fingerprint density at radius 1 is 1.19 bits per heavy atom. The highest BCUT2D eigenvalue weighted by Crippen LogP contribution is 2.25. The monoisotopic (exact) mass is 439 g/mol. The molecule has 2 heterocycles. The molecule has 0 saturated carbocycles. The predicted octanol–water partition coefficient (Wildman–Crippen LogP) is 3.28. The Morgan fingerprint density at radius 2 is 1.90 bits per heavy atom. The van der Waals surface area contributed by atoms with E-state index in [1.54, 1.807) is 18.2 Å². The molecular weight excluding hydrogens is 414 g/mol. The van der Waals surface area contributed by atoms with Crippen LogP contribution >= 0.6 is 11.6 Å². The second-order valence-corrected chi connectivity index (χ2v) is 8.92. The van der Waals surface area contributed by atoms with Gasteiger partial charge in [0.15, 0.2) is 0 Å². The van der Waals surface area contributed by atoms with Gasteiger partial charge in [0.1, 0.15) is 0 Å². The molecule has 0 aliphatic carbocycles. The normalized spacial score (nSPS) is 16.9. The lowest BCUT2D eigenvalue weighted by Crippen LogP contribution is -2.50. The van der Waals surface area contributed by atoms with E-state index < -0.39 is 5.60 Å². The molecule has 1 N–H and O–H groups in total. The van der Waals surface area contributed by atoms with Crippen LogP contribution in [-0.4, -0.2) is 44.2 Å². The first-order valence-electron chi connectivity index (χ1n) is 10.5. The number of benzene rings is 2. The van der Waals surface area contributed by atoms with Crippen LogP contribution in [0.4, 0.5) is 0 Å². The Hall–Kier alpha value is -2.70. The van der Waals surface area contributed by atoms with E-state index in [9.17, 15) is 14.7 Å². The molecule has 1 aromatic heterocycles. The minimum atomic E-state index is -1.05. The van der Waals surface area contributed by atoms with Gasteiger partial charge in [-0.1, -0.05) is 48.9 Å². The zero-order valence-corrected chi connectivity index (χ0v) is 18.3. The topological polar surface area (TPSA) is 75.4 Å². The third-order valence-electron chi connectivity index (χ3n) is 6.06. The van der Waals surface area contributed by atoms with Crippen molar-refractivity contribution >= 4 is 28.4 Å². The number of aliphatic hydroxyl groups is 1. The van der Waals surface area contributed by atoms with Gasteiger partial charge in [0.2, 0.25) is 5.91 Å². The molecule has 0 bridgehead atoms. The van der Waals surface area contributed by atoms with E-state index in [1.807, 2.05) is 42.2 Å². The maximum absolute atomic E-state index is 12.9. The Kier molecular flexibility index (Phi) is 6.12. The van der Waals surface area contributed by atoms with Crippen LogP contribution in [0.1, 0.15) is 25.3 Å². The van der Waals surface area contributed by atoms with E-state index in [2.05, 4.69) is 4.98 Å². The number of aromatic nitrogens is 2. The summed E-state index contributed by atoms with van der Waals surface area (Å²) in [5.41, 5.74) is 0.422. The molecule has 3 aromatic rings. The number of hydrogen-bond donors (Lipinski definition) is 1. The van der Waals surface area contributed by atoms with Gasteiger partial charge in [-0.25, -0.2) is 4.98 Å². The maximum atomic E-state index is 12.9. The highest BCUT2D eigenvalue weighted by atomic mass is 35.5. The minimum absolute atomic E-state index is 0.104. The van der Waals surface area contributed by atoms with Crippen molar-refractivity contribution in [2.75, 3.05) is 13.1 Å². The van der Waals surface area contributed by atoms with Crippen LogP contribution in [0.15, 0.2) is 59.7 Å². The summed E-state index contributed by atoms with van der Waals surface area (Å²) in [4.78, 5) is 31.8. The van der Waals surface area contributed by atoms with Crippen LogP contribution < -0.4 is 5.56 Å². The standard InChI is InChI=1S/C24H26ClN3O3/c1-17(13-18-5-3-2-4-6-18)22(29)27-11-9-24(31,10-12-27)15-28-16-26-21-14-19(25)7-8-20(21)23(28)30/h2-8,14,16-17,31H,9-13,15H2,1H3. The quantitative estimate of drug-likeness (QED) is 0.662. The minimum Gasteiger partial charge on any atom is -0.388 e. The van der Waals surface area contributed by atoms with Crippen molar-refractivity contribution in [3.05, 3.63) is 75.8 Å². The number of carbonyl (C=O) groups excluding carboxylic acids is 1. The lowest BCUT2D eigenvalue weighted by Gasteiger charge is -2.39. The van der Waals surface area contributed by atoms with Gasteiger partial charge in [0.05, 0.1) is 29.4 Å². The van der Waals surface area contributed by atoms with Crippen LogP contribution in [0.3, 0.4) is 0 Å². The number of piperidine rings is 1. The number of carbonyl (C=O) groups is 1. The summed E-state index contributed by atoms with van der Waals surface area (Å²) in [5.74, 6) is -0.0138. The SMILES string of the molecule is CC(Cc1ccccc1)C(=O)N1CCC(O)(Cn2cnc3cc(Cl)ccc3c2=O)CC1. The highest BCUT2D eigenvalue weighted by Gasteiger charge is 2.35. The molecule has 1 saturated heterocycles. The van der Waals surface area contributed by atoms with Crippen molar-refractivity contribution in [3.8, 4) is 0 Å². The first-order valence-corrected chi connectivity index (χ1v) is 10.9. The zero-order valence-electron chi connectivity index (χ0n) is 17.5. The first kappa shape index (κ1) is 21.5. The summed E-state index contributed by atoms with van der Waals surface area (Å²) in [6.45, 7) is 3.04. The largest absolute Gasteiger partial charge is 0.388 e. The average Bonchev–Trinajstić information content (AvgIpc) is 2.76. The molecule has 1 fully saturated rings. The molecule has 2 aromatic carbocycles. The summed E-state index contributed by atoms with van der Waals surface area (Å²) in [6.07, 6.45) is 2.99. The molecule has 0 spiro atoms. The fourth-order valence-electron chi connectivity index (χ4n) is 4.23. The van der Waals surface area contributed by atoms with Crippen LogP contribution in [0.5, 0.6) is 0 Å². The number of halogens is 1. The molecule has 1 atom stereocenters. The van der Waals surface area contributed by atoms with Crippen molar-refractivity contribution < 1.29 is 9.90 Å². The molecular formula is C24H26ClN3O3. The van der Waals surface area contributed by atoms with E-state index in [0.29, 0.717) is 48.3 Å².